The molecule has 0 saturated carbocycles. The number of aromatic amines is 1. The summed E-state index contributed by atoms with van der Waals surface area (Å²) in [4.78, 5) is 38.1. The first-order chi connectivity index (χ1) is 11.0. The van der Waals surface area contributed by atoms with E-state index in [9.17, 15) is 14.4 Å². The van der Waals surface area contributed by atoms with Crippen LogP contribution in [0, 0.1) is 6.92 Å². The van der Waals surface area contributed by atoms with E-state index in [1.165, 1.54) is 6.07 Å². The molecule has 7 heteroatoms. The summed E-state index contributed by atoms with van der Waals surface area (Å²) >= 11 is 1.15. The number of thiazole rings is 1. The zero-order valence-electron chi connectivity index (χ0n) is 12.9. The topological polar surface area (TPSA) is 84.0 Å². The summed E-state index contributed by atoms with van der Waals surface area (Å²) in [6.07, 6.45) is 2.90. The SMILES string of the molecule is Cc1csc(=O)n1CCC(=O)NC1CCCc2[nH]c(=O)ccc21. The van der Waals surface area contributed by atoms with Crippen LogP contribution in [0.15, 0.2) is 27.1 Å². The fraction of sp³-hybridized carbons (Fsp3) is 0.438. The van der Waals surface area contributed by atoms with Gasteiger partial charge in [-0.2, -0.15) is 0 Å². The maximum Gasteiger partial charge on any atom is 0.307 e. The lowest BCUT2D eigenvalue weighted by Crippen LogP contribution is -2.33. The van der Waals surface area contributed by atoms with E-state index in [-0.39, 0.29) is 28.8 Å². The van der Waals surface area contributed by atoms with Crippen molar-refractivity contribution in [2.24, 2.45) is 0 Å². The Balaban J connectivity index is 1.65. The van der Waals surface area contributed by atoms with Crippen molar-refractivity contribution in [3.05, 3.63) is 54.5 Å². The van der Waals surface area contributed by atoms with Crippen LogP contribution >= 0.6 is 11.3 Å². The average molecular weight is 333 g/mol. The second-order valence-electron chi connectivity index (χ2n) is 5.81. The van der Waals surface area contributed by atoms with Gasteiger partial charge in [-0.15, -0.1) is 0 Å². The largest absolute Gasteiger partial charge is 0.349 e. The Morgan fingerprint density at radius 1 is 1.43 bits per heavy atom. The van der Waals surface area contributed by atoms with Crippen LogP contribution in [0.25, 0.3) is 0 Å². The van der Waals surface area contributed by atoms with Crippen molar-refractivity contribution in [3.8, 4) is 0 Å². The quantitative estimate of drug-likeness (QED) is 0.889. The van der Waals surface area contributed by atoms with Crippen LogP contribution in [-0.2, 0) is 17.8 Å². The molecule has 2 N–H and O–H groups in total. The Labute approximate surface area is 137 Å². The summed E-state index contributed by atoms with van der Waals surface area (Å²) < 4.78 is 1.62. The second kappa shape index (κ2) is 6.54. The molecule has 0 saturated heterocycles. The molecule has 0 aliphatic heterocycles. The predicted octanol–water partition coefficient (Wildman–Crippen LogP) is 1.49. The van der Waals surface area contributed by atoms with Crippen molar-refractivity contribution >= 4 is 17.2 Å². The zero-order chi connectivity index (χ0) is 16.4. The van der Waals surface area contributed by atoms with Gasteiger partial charge in [-0.25, -0.2) is 0 Å². The van der Waals surface area contributed by atoms with Crippen LogP contribution in [0.2, 0.25) is 0 Å². The number of hydrogen-bond acceptors (Lipinski definition) is 4. The number of nitrogens with zero attached hydrogens (tertiary/aromatic N) is 1. The third-order valence-corrected chi connectivity index (χ3v) is 5.09. The first-order valence-electron chi connectivity index (χ1n) is 7.71. The van der Waals surface area contributed by atoms with E-state index >= 15 is 0 Å². The Morgan fingerprint density at radius 2 is 2.26 bits per heavy atom. The molecule has 122 valence electrons. The van der Waals surface area contributed by atoms with E-state index in [4.69, 9.17) is 0 Å². The number of carbonyl (C=O) groups is 1. The molecule has 0 spiro atoms. The van der Waals surface area contributed by atoms with Crippen molar-refractivity contribution in [2.75, 3.05) is 0 Å². The lowest BCUT2D eigenvalue weighted by Gasteiger charge is -2.26. The molecule has 6 nitrogen and oxygen atoms in total. The van der Waals surface area contributed by atoms with E-state index in [2.05, 4.69) is 10.3 Å². The molecule has 2 heterocycles. The Bertz CT molecular complexity index is 834. The van der Waals surface area contributed by atoms with Gasteiger partial charge in [-0.05, 0) is 37.8 Å². The molecule has 1 unspecified atom stereocenters. The standard InChI is InChI=1S/C16H19N3O3S/c1-10-9-23-16(22)19(10)8-7-15(21)18-13-4-2-3-12-11(13)5-6-14(20)17-12/h5-6,9,13H,2-4,7-8H2,1H3,(H,17,20)(H,18,21). The lowest BCUT2D eigenvalue weighted by molar-refractivity contribution is -0.122. The maximum absolute atomic E-state index is 12.2. The van der Waals surface area contributed by atoms with Crippen LogP contribution in [0.1, 0.15) is 42.3 Å². The second-order valence-corrected chi connectivity index (χ2v) is 6.63. The number of nitrogens with one attached hydrogen (secondary N) is 2. The molecule has 2 aromatic heterocycles. The van der Waals surface area contributed by atoms with Crippen molar-refractivity contribution in [3.63, 3.8) is 0 Å². The number of H-pyrrole nitrogens is 1. The first-order valence-corrected chi connectivity index (χ1v) is 8.59. The molecule has 2 aromatic rings. The molecule has 1 aliphatic carbocycles. The maximum atomic E-state index is 12.2. The van der Waals surface area contributed by atoms with Gasteiger partial charge in [0, 0.05) is 35.8 Å². The minimum Gasteiger partial charge on any atom is -0.349 e. The fourth-order valence-electron chi connectivity index (χ4n) is 3.00. The third-order valence-electron chi connectivity index (χ3n) is 4.21. The smallest absolute Gasteiger partial charge is 0.307 e. The molecule has 0 fully saturated rings. The Morgan fingerprint density at radius 3 is 3.00 bits per heavy atom. The normalized spacial score (nSPS) is 16.8. The molecule has 1 aliphatic rings. The number of rotatable bonds is 4. The summed E-state index contributed by atoms with van der Waals surface area (Å²) in [6, 6.07) is 3.23. The Kier molecular flexibility index (Phi) is 4.47. The van der Waals surface area contributed by atoms with Crippen LogP contribution in [0.4, 0.5) is 0 Å². The van der Waals surface area contributed by atoms with Crippen molar-refractivity contribution in [2.45, 2.75) is 45.2 Å². The molecule has 0 aromatic carbocycles. The highest BCUT2D eigenvalue weighted by Crippen LogP contribution is 2.27. The highest BCUT2D eigenvalue weighted by molar-refractivity contribution is 7.07. The molecule has 1 amide bonds. The van der Waals surface area contributed by atoms with Crippen LogP contribution < -0.4 is 15.7 Å². The minimum absolute atomic E-state index is 0.0316. The number of aromatic nitrogens is 2. The number of carbonyl (C=O) groups excluding carboxylic acids is 1. The van der Waals surface area contributed by atoms with Crippen LogP contribution in [0.5, 0.6) is 0 Å². The number of fused-ring (bicyclic) bond motifs is 1. The molecular weight excluding hydrogens is 314 g/mol. The van der Waals surface area contributed by atoms with E-state index in [0.717, 1.165) is 47.6 Å². The van der Waals surface area contributed by atoms with Crippen molar-refractivity contribution < 1.29 is 4.79 Å². The number of hydrogen-bond donors (Lipinski definition) is 2. The summed E-state index contributed by atoms with van der Waals surface area (Å²) in [5.74, 6) is -0.0773. The van der Waals surface area contributed by atoms with E-state index in [1.807, 2.05) is 6.92 Å². The third kappa shape index (κ3) is 3.44. The number of amides is 1. The van der Waals surface area contributed by atoms with Gasteiger partial charge >= 0.3 is 4.87 Å². The van der Waals surface area contributed by atoms with Gasteiger partial charge in [0.05, 0.1) is 6.04 Å². The Hall–Kier alpha value is -2.15. The lowest BCUT2D eigenvalue weighted by atomic mass is 9.91. The minimum atomic E-state index is -0.108. The van der Waals surface area contributed by atoms with Gasteiger partial charge in [0.25, 0.3) is 0 Å². The fourth-order valence-corrected chi connectivity index (χ4v) is 3.77. The van der Waals surface area contributed by atoms with Gasteiger partial charge in [-0.1, -0.05) is 11.3 Å². The van der Waals surface area contributed by atoms with Crippen LogP contribution in [0.3, 0.4) is 0 Å². The highest BCUT2D eigenvalue weighted by atomic mass is 32.1. The molecule has 1 atom stereocenters. The van der Waals surface area contributed by atoms with Gasteiger partial charge in [0.2, 0.25) is 11.5 Å². The summed E-state index contributed by atoms with van der Waals surface area (Å²) in [6.45, 7) is 2.26. The molecular formula is C16H19N3O3S. The first kappa shape index (κ1) is 15.7. The van der Waals surface area contributed by atoms with Gasteiger partial charge in [0.15, 0.2) is 0 Å². The molecule has 0 radical (unpaired) electrons. The molecule has 3 rings (SSSR count). The van der Waals surface area contributed by atoms with E-state index in [0.29, 0.717) is 6.54 Å². The highest BCUT2D eigenvalue weighted by Gasteiger charge is 2.22. The van der Waals surface area contributed by atoms with Gasteiger partial charge < -0.3 is 14.9 Å². The van der Waals surface area contributed by atoms with Gasteiger partial charge in [0.1, 0.15) is 0 Å². The van der Waals surface area contributed by atoms with Crippen molar-refractivity contribution in [1.29, 1.82) is 0 Å². The summed E-state index contributed by atoms with van der Waals surface area (Å²) in [7, 11) is 0. The molecule has 23 heavy (non-hydrogen) atoms. The van der Waals surface area contributed by atoms with E-state index < -0.39 is 0 Å². The van der Waals surface area contributed by atoms with Crippen molar-refractivity contribution in [1.82, 2.24) is 14.9 Å². The number of aryl methyl sites for hydroxylation is 2. The van der Waals surface area contributed by atoms with E-state index in [1.54, 1.807) is 16.0 Å². The van der Waals surface area contributed by atoms with Gasteiger partial charge in [-0.3, -0.25) is 14.4 Å². The molecule has 0 bridgehead atoms. The van der Waals surface area contributed by atoms with Crippen LogP contribution in [-0.4, -0.2) is 15.5 Å². The monoisotopic (exact) mass is 333 g/mol. The zero-order valence-corrected chi connectivity index (χ0v) is 13.7. The summed E-state index contributed by atoms with van der Waals surface area (Å²) in [5.41, 5.74) is 2.68. The average Bonchev–Trinajstić information content (AvgIpc) is 2.84. The number of pyridine rings is 1. The predicted molar refractivity (Wildman–Crippen MR) is 88.8 cm³/mol. The summed E-state index contributed by atoms with van der Waals surface area (Å²) in [5, 5.41) is 4.82.